The van der Waals surface area contributed by atoms with Gasteiger partial charge in [-0.05, 0) is 49.5 Å². The van der Waals surface area contributed by atoms with E-state index in [4.69, 9.17) is 10.5 Å². The lowest BCUT2D eigenvalue weighted by molar-refractivity contribution is 0.355. The third kappa shape index (κ3) is 4.48. The Morgan fingerprint density at radius 2 is 2.00 bits per heavy atom. The first-order valence-corrected chi connectivity index (χ1v) is 6.76. The normalized spacial score (nSPS) is 14.5. The second kappa shape index (κ2) is 7.46. The Balaban J connectivity index is 2.63. The van der Waals surface area contributed by atoms with Gasteiger partial charge in [-0.15, -0.1) is 0 Å². The van der Waals surface area contributed by atoms with Gasteiger partial charge in [0, 0.05) is 6.04 Å². The maximum atomic E-state index is 13.6. The van der Waals surface area contributed by atoms with Gasteiger partial charge in [0.05, 0.1) is 7.11 Å². The van der Waals surface area contributed by atoms with E-state index in [0.717, 1.165) is 12.1 Å². The number of halogens is 1. The monoisotopic (exact) mass is 268 g/mol. The number of hydrogen-bond donors (Lipinski definition) is 2. The van der Waals surface area contributed by atoms with Gasteiger partial charge >= 0.3 is 0 Å². The molecule has 108 valence electrons. The fraction of sp³-hybridized carbons (Fsp3) is 0.600. The van der Waals surface area contributed by atoms with Gasteiger partial charge in [0.1, 0.15) is 0 Å². The van der Waals surface area contributed by atoms with Gasteiger partial charge in [0.25, 0.3) is 0 Å². The number of rotatable bonds is 7. The van der Waals surface area contributed by atoms with Crippen LogP contribution in [0.15, 0.2) is 18.2 Å². The minimum absolute atomic E-state index is 0.0909. The van der Waals surface area contributed by atoms with Gasteiger partial charge in [0.15, 0.2) is 11.6 Å². The van der Waals surface area contributed by atoms with Crippen molar-refractivity contribution in [3.05, 3.63) is 29.6 Å². The first-order valence-electron chi connectivity index (χ1n) is 6.76. The van der Waals surface area contributed by atoms with Crippen LogP contribution in [0.3, 0.4) is 0 Å². The standard InChI is InChI=1S/C15H25FN2O/c1-10(2)13(8-17)9-18-11(3)12-5-6-15(19-4)14(16)7-12/h5-7,10-11,13,18H,8-9,17H2,1-4H3. The molecule has 0 spiro atoms. The third-order valence-corrected chi connectivity index (χ3v) is 3.61. The first kappa shape index (κ1) is 15.9. The number of ether oxygens (including phenoxy) is 1. The summed E-state index contributed by atoms with van der Waals surface area (Å²) < 4.78 is 18.5. The molecule has 0 aliphatic rings. The van der Waals surface area contributed by atoms with Gasteiger partial charge < -0.3 is 15.8 Å². The number of benzene rings is 1. The van der Waals surface area contributed by atoms with Crippen LogP contribution in [0.5, 0.6) is 5.75 Å². The summed E-state index contributed by atoms with van der Waals surface area (Å²) in [6.45, 7) is 7.85. The van der Waals surface area contributed by atoms with Crippen molar-refractivity contribution in [2.45, 2.75) is 26.8 Å². The molecule has 1 rings (SSSR count). The summed E-state index contributed by atoms with van der Waals surface area (Å²) in [5.74, 6) is 0.925. The van der Waals surface area contributed by atoms with Crippen LogP contribution in [0.1, 0.15) is 32.4 Å². The number of methoxy groups -OCH3 is 1. The maximum Gasteiger partial charge on any atom is 0.165 e. The fourth-order valence-electron chi connectivity index (χ4n) is 1.99. The van der Waals surface area contributed by atoms with E-state index in [1.165, 1.54) is 13.2 Å². The SMILES string of the molecule is COc1ccc(C(C)NCC(CN)C(C)C)cc1F. The largest absolute Gasteiger partial charge is 0.494 e. The van der Waals surface area contributed by atoms with Crippen molar-refractivity contribution in [3.8, 4) is 5.75 Å². The molecule has 0 aromatic heterocycles. The summed E-state index contributed by atoms with van der Waals surface area (Å²) in [7, 11) is 1.47. The lowest BCUT2D eigenvalue weighted by atomic mass is 9.95. The van der Waals surface area contributed by atoms with Gasteiger partial charge in [-0.1, -0.05) is 19.9 Å². The highest BCUT2D eigenvalue weighted by atomic mass is 19.1. The molecule has 1 aromatic carbocycles. The van der Waals surface area contributed by atoms with Crippen molar-refractivity contribution in [1.29, 1.82) is 0 Å². The summed E-state index contributed by atoms with van der Waals surface area (Å²) in [6.07, 6.45) is 0. The fourth-order valence-corrected chi connectivity index (χ4v) is 1.99. The van der Waals surface area contributed by atoms with Crippen LogP contribution in [0, 0.1) is 17.7 Å². The highest BCUT2D eigenvalue weighted by molar-refractivity contribution is 5.30. The second-order valence-electron chi connectivity index (χ2n) is 5.26. The molecule has 0 saturated carbocycles. The minimum Gasteiger partial charge on any atom is -0.494 e. The lowest BCUT2D eigenvalue weighted by Crippen LogP contribution is -2.33. The Bertz CT molecular complexity index is 396. The van der Waals surface area contributed by atoms with Crippen LogP contribution in [-0.4, -0.2) is 20.2 Å². The molecular formula is C15H25FN2O. The molecule has 2 unspecified atom stereocenters. The van der Waals surface area contributed by atoms with Crippen LogP contribution in [0.2, 0.25) is 0 Å². The van der Waals surface area contributed by atoms with Crippen molar-refractivity contribution in [3.63, 3.8) is 0 Å². The average Bonchev–Trinajstić information content (AvgIpc) is 2.38. The quantitative estimate of drug-likeness (QED) is 0.799. The first-order chi connectivity index (χ1) is 8.99. The van der Waals surface area contributed by atoms with E-state index in [9.17, 15) is 4.39 Å². The summed E-state index contributed by atoms with van der Waals surface area (Å²) in [4.78, 5) is 0. The number of nitrogens with one attached hydrogen (secondary N) is 1. The van der Waals surface area contributed by atoms with Gasteiger partial charge in [0.2, 0.25) is 0 Å². The van der Waals surface area contributed by atoms with Crippen molar-refractivity contribution >= 4 is 0 Å². The Morgan fingerprint density at radius 3 is 2.47 bits per heavy atom. The topological polar surface area (TPSA) is 47.3 Å². The molecule has 2 atom stereocenters. The molecule has 0 bridgehead atoms. The van der Waals surface area contributed by atoms with E-state index in [1.54, 1.807) is 6.07 Å². The van der Waals surface area contributed by atoms with Crippen LogP contribution in [0.25, 0.3) is 0 Å². The van der Waals surface area contributed by atoms with E-state index in [0.29, 0.717) is 18.4 Å². The molecule has 0 fully saturated rings. The van der Waals surface area contributed by atoms with Crippen molar-refractivity contribution in [2.75, 3.05) is 20.2 Å². The molecule has 0 aliphatic heterocycles. The van der Waals surface area contributed by atoms with Crippen molar-refractivity contribution < 1.29 is 9.13 Å². The zero-order valence-corrected chi connectivity index (χ0v) is 12.2. The Kier molecular flexibility index (Phi) is 6.25. The van der Waals surface area contributed by atoms with E-state index in [-0.39, 0.29) is 17.6 Å². The van der Waals surface area contributed by atoms with E-state index in [2.05, 4.69) is 19.2 Å². The highest BCUT2D eigenvalue weighted by Crippen LogP contribution is 2.22. The van der Waals surface area contributed by atoms with Crippen LogP contribution in [0.4, 0.5) is 4.39 Å². The molecule has 0 radical (unpaired) electrons. The van der Waals surface area contributed by atoms with Gasteiger partial charge in [-0.3, -0.25) is 0 Å². The zero-order chi connectivity index (χ0) is 14.4. The number of hydrogen-bond acceptors (Lipinski definition) is 3. The molecular weight excluding hydrogens is 243 g/mol. The summed E-state index contributed by atoms with van der Waals surface area (Å²) in [6, 6.07) is 5.15. The molecule has 0 saturated heterocycles. The summed E-state index contributed by atoms with van der Waals surface area (Å²) >= 11 is 0. The lowest BCUT2D eigenvalue weighted by Gasteiger charge is -2.22. The van der Waals surface area contributed by atoms with Crippen LogP contribution in [-0.2, 0) is 0 Å². The predicted molar refractivity (Wildman–Crippen MR) is 76.8 cm³/mol. The second-order valence-corrected chi connectivity index (χ2v) is 5.26. The predicted octanol–water partition coefficient (Wildman–Crippen LogP) is 2.72. The molecule has 3 nitrogen and oxygen atoms in total. The van der Waals surface area contributed by atoms with E-state index >= 15 is 0 Å². The Hall–Kier alpha value is -1.13. The van der Waals surface area contributed by atoms with Gasteiger partial charge in [-0.25, -0.2) is 4.39 Å². The molecule has 4 heteroatoms. The minimum atomic E-state index is -0.326. The van der Waals surface area contributed by atoms with Crippen LogP contribution < -0.4 is 15.8 Å². The third-order valence-electron chi connectivity index (χ3n) is 3.61. The molecule has 19 heavy (non-hydrogen) atoms. The molecule has 3 N–H and O–H groups in total. The summed E-state index contributed by atoms with van der Waals surface area (Å²) in [5.41, 5.74) is 6.66. The Labute approximate surface area is 115 Å². The molecule has 0 aliphatic carbocycles. The van der Waals surface area contributed by atoms with Crippen molar-refractivity contribution in [1.82, 2.24) is 5.32 Å². The molecule has 1 aromatic rings. The average molecular weight is 268 g/mol. The smallest absolute Gasteiger partial charge is 0.165 e. The molecule has 0 amide bonds. The highest BCUT2D eigenvalue weighted by Gasteiger charge is 2.14. The number of nitrogens with two attached hydrogens (primary N) is 1. The van der Waals surface area contributed by atoms with Crippen molar-refractivity contribution in [2.24, 2.45) is 17.6 Å². The molecule has 0 heterocycles. The van der Waals surface area contributed by atoms with Gasteiger partial charge in [-0.2, -0.15) is 0 Å². The Morgan fingerprint density at radius 1 is 1.32 bits per heavy atom. The zero-order valence-electron chi connectivity index (χ0n) is 12.2. The summed E-state index contributed by atoms with van der Waals surface area (Å²) in [5, 5.41) is 3.41. The van der Waals surface area contributed by atoms with E-state index in [1.807, 2.05) is 13.0 Å². The van der Waals surface area contributed by atoms with Crippen LogP contribution >= 0.6 is 0 Å². The van der Waals surface area contributed by atoms with E-state index < -0.39 is 0 Å². The maximum absolute atomic E-state index is 13.6.